The van der Waals surface area contributed by atoms with Crippen LogP contribution in [0.5, 0.6) is 0 Å². The van der Waals surface area contributed by atoms with Crippen molar-refractivity contribution in [3.05, 3.63) is 108 Å². The normalized spacial score (nSPS) is 14.1. The smallest absolute Gasteiger partial charge is 0.399 e. The van der Waals surface area contributed by atoms with Crippen molar-refractivity contribution in [3.8, 4) is 20.2 Å². The zero-order valence-corrected chi connectivity index (χ0v) is 68.0. The fourth-order valence-electron chi connectivity index (χ4n) is 13.4. The molecular formula is C81H123BBr2O5S5. The molecule has 0 N–H and O–H groups in total. The van der Waals surface area contributed by atoms with Crippen molar-refractivity contribution in [2.45, 2.75) is 323 Å². The molecule has 0 saturated carbocycles. The van der Waals surface area contributed by atoms with Gasteiger partial charge in [0.05, 0.1) is 36.7 Å². The molecule has 0 unspecified atom stereocenters. The predicted molar refractivity (Wildman–Crippen MR) is 427 cm³/mol. The highest BCUT2D eigenvalue weighted by Gasteiger charge is 2.54. The average molecular weight is 1510 g/mol. The summed E-state index contributed by atoms with van der Waals surface area (Å²) in [5.41, 5.74) is 3.62. The van der Waals surface area contributed by atoms with Gasteiger partial charge in [-0.25, -0.2) is 0 Å². The Labute approximate surface area is 610 Å². The number of benzene rings is 2. The van der Waals surface area contributed by atoms with E-state index in [1.165, 1.54) is 258 Å². The van der Waals surface area contributed by atoms with Crippen LogP contribution >= 0.6 is 88.5 Å². The number of rotatable bonds is 44. The fourth-order valence-corrected chi connectivity index (χ4v) is 19.6. The molecule has 1 aliphatic rings. The van der Waals surface area contributed by atoms with Crippen LogP contribution in [0.2, 0.25) is 0 Å². The van der Waals surface area contributed by atoms with Gasteiger partial charge in [0.1, 0.15) is 0 Å². The lowest BCUT2D eigenvalue weighted by Gasteiger charge is -2.35. The van der Waals surface area contributed by atoms with E-state index in [0.29, 0.717) is 13.2 Å². The third kappa shape index (κ3) is 25.7. The van der Waals surface area contributed by atoms with Gasteiger partial charge < -0.3 is 23.5 Å². The Morgan fingerprint density at radius 3 is 1.31 bits per heavy atom. The van der Waals surface area contributed by atoms with Crippen LogP contribution in [0.25, 0.3) is 40.4 Å². The third-order valence-corrected chi connectivity index (χ3v) is 25.7. The number of thiophene rings is 5. The lowest BCUT2D eigenvalue weighted by Crippen LogP contribution is -2.41. The first-order chi connectivity index (χ1) is 45.2. The van der Waals surface area contributed by atoms with Crippen LogP contribution in [0.15, 0.2) is 91.1 Å². The number of unbranched alkanes of at least 4 members (excludes halogenated alkanes) is 28. The van der Waals surface area contributed by atoms with Crippen molar-refractivity contribution in [3.63, 3.8) is 0 Å². The Morgan fingerprint density at radius 1 is 0.415 bits per heavy atom. The summed E-state index contributed by atoms with van der Waals surface area (Å²) in [4.78, 5) is 3.92. The second-order valence-corrected chi connectivity index (χ2v) is 35.7. The molecule has 7 aromatic rings. The summed E-state index contributed by atoms with van der Waals surface area (Å²) >= 11 is 15.9. The summed E-state index contributed by atoms with van der Waals surface area (Å²) in [5, 5.41) is 9.18. The molecule has 94 heavy (non-hydrogen) atoms. The van der Waals surface area contributed by atoms with Crippen LogP contribution in [0.3, 0.4) is 0 Å². The minimum Gasteiger partial charge on any atom is -0.399 e. The number of hydrogen-bond acceptors (Lipinski definition) is 10. The number of hydrogen-bond donors (Lipinski definition) is 0. The molecule has 8 rings (SSSR count). The first kappa shape index (κ1) is 81.3. The van der Waals surface area contributed by atoms with Crippen molar-refractivity contribution in [1.29, 1.82) is 0 Å². The summed E-state index contributed by atoms with van der Waals surface area (Å²) in [6, 6.07) is 24.3. The SMILES string of the molecule is Brc1ccc2sc(Br)cc2c1.CCCCCCCCCCCCCCCCCC(CCCCCCCCCCCCCCCCC)(OCC)c1ccsc1B1OC(C)(C)C(C)(C)O1.CCOC(C)(C)c1ccsc1-c1ccc2cc(-c3sccc3C(C)(C)OCC)sc2c1. The van der Waals surface area contributed by atoms with Gasteiger partial charge in [-0.1, -0.05) is 235 Å². The molecule has 524 valence electrons. The van der Waals surface area contributed by atoms with E-state index in [-0.39, 0.29) is 35.1 Å². The Kier molecular flexibility index (Phi) is 36.8. The van der Waals surface area contributed by atoms with Crippen LogP contribution in [-0.4, -0.2) is 38.1 Å². The molecule has 0 aliphatic carbocycles. The van der Waals surface area contributed by atoms with Crippen molar-refractivity contribution in [2.75, 3.05) is 19.8 Å². The standard InChI is InChI=1S/C47H89BO3S.C26H30O2S3.C8H4Br2S/c1-8-11-13-15-17-19-21-23-25-27-29-31-33-35-37-40-47(49-10-3,43-39-42-52-44(43)48-50-45(4,5)46(6,7)51-48)41-38-36-34-32-30-28-26-24-22-20-18-16-14-12-9-2;1-7-27-25(3,4)19-11-13-29-23(19)18-10-9-17-15-22(31-21(17)16-18)24-20(12-14-30-24)26(5,6)28-8-2;9-6-1-2-7-5(3-6)4-8(10)11-7/h39,42H,8-38,40-41H2,1-7H3;9-16H,7-8H2,1-6H3;1-4H. The van der Waals surface area contributed by atoms with E-state index < -0.39 is 0 Å². The van der Waals surface area contributed by atoms with Gasteiger partial charge in [-0.2, -0.15) is 11.3 Å². The minimum atomic E-state index is -0.338. The highest BCUT2D eigenvalue weighted by molar-refractivity contribution is 9.11. The maximum absolute atomic E-state index is 6.91. The summed E-state index contributed by atoms with van der Waals surface area (Å²) in [5.74, 6) is 0. The zero-order valence-electron chi connectivity index (χ0n) is 60.7. The molecule has 0 radical (unpaired) electrons. The molecule has 0 bridgehead atoms. The zero-order chi connectivity index (χ0) is 67.9. The summed E-state index contributed by atoms with van der Waals surface area (Å²) in [7, 11) is -0.318. The third-order valence-electron chi connectivity index (χ3n) is 19.5. The van der Waals surface area contributed by atoms with Crippen LogP contribution in [0, 0.1) is 0 Å². The van der Waals surface area contributed by atoms with Crippen molar-refractivity contribution in [2.24, 2.45) is 0 Å². The first-order valence-corrected chi connectivity index (χ1v) is 43.0. The lowest BCUT2D eigenvalue weighted by atomic mass is 9.75. The molecule has 0 atom stereocenters. The highest BCUT2D eigenvalue weighted by atomic mass is 79.9. The highest BCUT2D eigenvalue weighted by Crippen LogP contribution is 2.46. The van der Waals surface area contributed by atoms with E-state index in [2.05, 4.69) is 205 Å². The van der Waals surface area contributed by atoms with Gasteiger partial charge in [0.25, 0.3) is 0 Å². The summed E-state index contributed by atoms with van der Waals surface area (Å²) in [6.07, 6.45) is 44.2. The van der Waals surface area contributed by atoms with Crippen LogP contribution in [0.4, 0.5) is 0 Å². The molecule has 1 aliphatic heterocycles. The topological polar surface area (TPSA) is 46.2 Å². The molecule has 13 heteroatoms. The van der Waals surface area contributed by atoms with E-state index in [0.717, 1.165) is 23.9 Å². The molecule has 0 amide bonds. The lowest BCUT2D eigenvalue weighted by molar-refractivity contribution is -0.0599. The Balaban J connectivity index is 0.000000275. The van der Waals surface area contributed by atoms with E-state index in [9.17, 15) is 0 Å². The van der Waals surface area contributed by atoms with Crippen molar-refractivity contribution in [1.82, 2.24) is 0 Å². The average Bonchev–Trinajstić information content (AvgIpc) is 1.62. The molecular weight excluding hydrogens is 1380 g/mol. The number of halogens is 2. The summed E-state index contributed by atoms with van der Waals surface area (Å²) in [6.45, 7) is 30.4. The van der Waals surface area contributed by atoms with Gasteiger partial charge in [0.15, 0.2) is 0 Å². The largest absolute Gasteiger partial charge is 0.505 e. The van der Waals surface area contributed by atoms with E-state index in [1.807, 2.05) is 11.3 Å². The van der Waals surface area contributed by atoms with E-state index >= 15 is 0 Å². The van der Waals surface area contributed by atoms with E-state index in [4.69, 9.17) is 23.5 Å². The second kappa shape index (κ2) is 42.5. The van der Waals surface area contributed by atoms with Crippen LogP contribution in [0.1, 0.15) is 312 Å². The maximum Gasteiger partial charge on any atom is 0.505 e. The molecule has 5 aromatic heterocycles. The molecule has 0 spiro atoms. The second-order valence-electron chi connectivity index (χ2n) is 28.4. The van der Waals surface area contributed by atoms with Crippen LogP contribution < -0.4 is 4.78 Å². The minimum absolute atomic E-state index is 0.249. The first-order valence-electron chi connectivity index (χ1n) is 37.2. The van der Waals surface area contributed by atoms with Crippen LogP contribution in [-0.2, 0) is 40.3 Å². The Morgan fingerprint density at radius 2 is 0.840 bits per heavy atom. The molecule has 6 heterocycles. The van der Waals surface area contributed by atoms with Crippen molar-refractivity contribution >= 4 is 121 Å². The van der Waals surface area contributed by atoms with Gasteiger partial charge in [-0.3, -0.25) is 0 Å². The monoisotopic (exact) mass is 1500 g/mol. The van der Waals surface area contributed by atoms with Gasteiger partial charge >= 0.3 is 7.12 Å². The molecule has 5 nitrogen and oxygen atoms in total. The van der Waals surface area contributed by atoms with E-state index in [1.54, 1.807) is 45.3 Å². The van der Waals surface area contributed by atoms with Gasteiger partial charge in [0.2, 0.25) is 0 Å². The van der Waals surface area contributed by atoms with Gasteiger partial charge in [-0.15, -0.1) is 45.3 Å². The fraction of sp³-hybridized carbons (Fsp3) is 0.654. The summed E-state index contributed by atoms with van der Waals surface area (Å²) < 4.78 is 38.4. The van der Waals surface area contributed by atoms with Crippen molar-refractivity contribution < 1.29 is 23.5 Å². The molecule has 2 aromatic carbocycles. The van der Waals surface area contributed by atoms with Gasteiger partial charge in [-0.05, 0) is 198 Å². The maximum atomic E-state index is 6.91. The predicted octanol–water partition coefficient (Wildman–Crippen LogP) is 29.1. The van der Waals surface area contributed by atoms with Gasteiger partial charge in [0, 0.05) is 59.4 Å². The Hall–Kier alpha value is -1.72. The quantitative estimate of drug-likeness (QED) is 0.0281. The molecule has 1 saturated heterocycles. The number of ether oxygens (including phenoxy) is 3. The number of fused-ring (bicyclic) bond motifs is 2. The molecule has 1 fully saturated rings. The Bertz CT molecular complexity index is 3060.